The molecule has 0 N–H and O–H groups in total. The maximum atomic E-state index is 9.29. The van der Waals surface area contributed by atoms with E-state index in [-0.39, 0.29) is 0 Å². The highest BCUT2D eigenvalue weighted by molar-refractivity contribution is 6.17. The van der Waals surface area contributed by atoms with E-state index in [1.165, 1.54) is 0 Å². The largest absolute Gasteiger partial charge is 0.296 e. The predicted molar refractivity (Wildman–Crippen MR) is 118 cm³/mol. The zero-order valence-corrected chi connectivity index (χ0v) is 16.3. The SMILES string of the molecule is C=C.C=C/C(C(=C)C)=C(/C=NC)c1cccc2c(C#N)cccc12.CC. The summed E-state index contributed by atoms with van der Waals surface area (Å²) < 4.78 is 0. The summed E-state index contributed by atoms with van der Waals surface area (Å²) in [4.78, 5) is 4.18. The molecule has 0 aromatic heterocycles. The molecule has 0 fully saturated rings. The predicted octanol–water partition coefficient (Wildman–Crippen LogP) is 6.76. The molecule has 0 aliphatic heterocycles. The smallest absolute Gasteiger partial charge is 0.0998 e. The molecule has 0 bridgehead atoms. The first-order valence-corrected chi connectivity index (χ1v) is 8.51. The number of aliphatic imine (C=N–C) groups is 1. The van der Waals surface area contributed by atoms with Crippen molar-refractivity contribution in [1.82, 2.24) is 0 Å². The van der Waals surface area contributed by atoms with Crippen molar-refractivity contribution in [3.8, 4) is 6.07 Å². The van der Waals surface area contributed by atoms with Gasteiger partial charge in [0, 0.05) is 24.2 Å². The Morgan fingerprint density at radius 2 is 1.65 bits per heavy atom. The van der Waals surface area contributed by atoms with E-state index in [4.69, 9.17) is 0 Å². The summed E-state index contributed by atoms with van der Waals surface area (Å²) in [7, 11) is 1.74. The van der Waals surface area contributed by atoms with Crippen molar-refractivity contribution >= 4 is 22.6 Å². The number of nitriles is 1. The average Bonchev–Trinajstić information content (AvgIpc) is 2.69. The molecule has 0 spiro atoms. The number of benzene rings is 2. The van der Waals surface area contributed by atoms with Crippen molar-refractivity contribution in [2.75, 3.05) is 7.05 Å². The fourth-order valence-corrected chi connectivity index (χ4v) is 2.57. The molecule has 0 atom stereocenters. The number of nitrogens with zero attached hydrogens (tertiary/aromatic N) is 2. The minimum Gasteiger partial charge on any atom is -0.296 e. The molecule has 0 amide bonds. The Morgan fingerprint density at radius 3 is 2.15 bits per heavy atom. The third kappa shape index (κ3) is 5.16. The number of hydrogen-bond donors (Lipinski definition) is 0. The monoisotopic (exact) mass is 344 g/mol. The molecular formula is C24H28N2. The van der Waals surface area contributed by atoms with Crippen LogP contribution >= 0.6 is 0 Å². The van der Waals surface area contributed by atoms with Crippen LogP contribution in [0.4, 0.5) is 0 Å². The van der Waals surface area contributed by atoms with Crippen molar-refractivity contribution in [3.63, 3.8) is 0 Å². The summed E-state index contributed by atoms with van der Waals surface area (Å²) in [6.07, 6.45) is 3.62. The summed E-state index contributed by atoms with van der Waals surface area (Å²) in [5, 5.41) is 11.3. The van der Waals surface area contributed by atoms with Crippen LogP contribution in [0.25, 0.3) is 16.3 Å². The van der Waals surface area contributed by atoms with E-state index in [1.807, 2.05) is 63.4 Å². The van der Waals surface area contributed by atoms with Crippen molar-refractivity contribution in [3.05, 3.63) is 91.1 Å². The topological polar surface area (TPSA) is 36.1 Å². The standard InChI is InChI=1S/C20H18N2.C2H6.C2H4/c1-5-16(14(2)3)20(13-22-4)19-11-7-9-17-15(12-21)8-6-10-18(17)19;2*1-2/h5-11,13H,1-2H2,3-4H3;1-2H3;1-2H2/b20-16+,22-13?;;. The molecule has 0 aliphatic carbocycles. The zero-order valence-electron chi connectivity index (χ0n) is 16.3. The highest BCUT2D eigenvalue weighted by atomic mass is 14.6. The third-order valence-electron chi connectivity index (χ3n) is 3.54. The normalized spacial score (nSPS) is 10.6. The van der Waals surface area contributed by atoms with Crippen LogP contribution in [0.3, 0.4) is 0 Å². The highest BCUT2D eigenvalue weighted by Gasteiger charge is 2.11. The van der Waals surface area contributed by atoms with E-state index in [0.29, 0.717) is 5.56 Å². The number of allylic oxidation sites excluding steroid dienone is 4. The minimum absolute atomic E-state index is 0.669. The quantitative estimate of drug-likeness (QED) is 0.343. The summed E-state index contributed by atoms with van der Waals surface area (Å²) in [6, 6.07) is 14.0. The van der Waals surface area contributed by atoms with Gasteiger partial charge in [-0.15, -0.1) is 13.2 Å². The summed E-state index contributed by atoms with van der Waals surface area (Å²) in [5.74, 6) is 0. The molecule has 2 rings (SSSR count). The fourth-order valence-electron chi connectivity index (χ4n) is 2.57. The van der Waals surface area contributed by atoms with Gasteiger partial charge >= 0.3 is 0 Å². The van der Waals surface area contributed by atoms with Crippen molar-refractivity contribution < 1.29 is 0 Å². The maximum absolute atomic E-state index is 9.29. The van der Waals surface area contributed by atoms with Gasteiger partial charge in [0.05, 0.1) is 11.6 Å². The van der Waals surface area contributed by atoms with E-state index < -0.39 is 0 Å². The highest BCUT2D eigenvalue weighted by Crippen LogP contribution is 2.30. The molecule has 134 valence electrons. The summed E-state index contributed by atoms with van der Waals surface area (Å²) in [5.41, 5.74) is 4.55. The Morgan fingerprint density at radius 1 is 1.08 bits per heavy atom. The second kappa shape index (κ2) is 12.2. The Balaban J connectivity index is 0.00000146. The molecule has 2 aromatic rings. The zero-order chi connectivity index (χ0) is 20.1. The van der Waals surface area contributed by atoms with Gasteiger partial charge in [0.1, 0.15) is 0 Å². The van der Waals surface area contributed by atoms with Gasteiger partial charge in [0.25, 0.3) is 0 Å². The van der Waals surface area contributed by atoms with Gasteiger partial charge in [0.15, 0.2) is 0 Å². The maximum Gasteiger partial charge on any atom is 0.0998 e. The van der Waals surface area contributed by atoms with Crippen LogP contribution < -0.4 is 0 Å². The van der Waals surface area contributed by atoms with Gasteiger partial charge in [-0.3, -0.25) is 4.99 Å². The van der Waals surface area contributed by atoms with Crippen LogP contribution in [0.5, 0.6) is 0 Å². The van der Waals surface area contributed by atoms with E-state index in [9.17, 15) is 5.26 Å². The number of rotatable bonds is 4. The molecule has 0 saturated heterocycles. The van der Waals surface area contributed by atoms with E-state index in [1.54, 1.807) is 13.1 Å². The van der Waals surface area contributed by atoms with Gasteiger partial charge in [-0.05, 0) is 29.5 Å². The molecular weight excluding hydrogens is 316 g/mol. The Kier molecular flexibility index (Phi) is 10.7. The minimum atomic E-state index is 0.669. The fraction of sp³-hybridized carbons (Fsp3) is 0.167. The van der Waals surface area contributed by atoms with Gasteiger partial charge in [0.2, 0.25) is 0 Å². The number of hydrogen-bond acceptors (Lipinski definition) is 2. The second-order valence-corrected chi connectivity index (χ2v) is 5.02. The second-order valence-electron chi connectivity index (χ2n) is 5.02. The third-order valence-corrected chi connectivity index (χ3v) is 3.54. The Labute approximate surface area is 158 Å². The van der Waals surface area contributed by atoms with Gasteiger partial charge in [-0.2, -0.15) is 5.26 Å². The Bertz CT molecular complexity index is 861. The molecule has 0 aliphatic rings. The summed E-state index contributed by atoms with van der Waals surface area (Å²) in [6.45, 7) is 19.9. The van der Waals surface area contributed by atoms with Crippen LogP contribution in [0.15, 0.2) is 84.9 Å². The molecule has 2 nitrogen and oxygen atoms in total. The van der Waals surface area contributed by atoms with Crippen LogP contribution in [-0.2, 0) is 0 Å². The first kappa shape index (κ1) is 22.8. The molecule has 0 unspecified atom stereocenters. The Hall–Kier alpha value is -3.18. The molecule has 2 heteroatoms. The van der Waals surface area contributed by atoms with E-state index in [0.717, 1.165) is 33.1 Å². The van der Waals surface area contributed by atoms with Crippen LogP contribution in [-0.4, -0.2) is 13.3 Å². The first-order valence-electron chi connectivity index (χ1n) is 8.51. The van der Waals surface area contributed by atoms with E-state index in [2.05, 4.69) is 37.4 Å². The average molecular weight is 345 g/mol. The molecule has 0 heterocycles. The van der Waals surface area contributed by atoms with Crippen molar-refractivity contribution in [1.29, 1.82) is 5.26 Å². The summed E-state index contributed by atoms with van der Waals surface area (Å²) >= 11 is 0. The lowest BCUT2D eigenvalue weighted by Gasteiger charge is -2.12. The molecule has 0 saturated carbocycles. The lowest BCUT2D eigenvalue weighted by Crippen LogP contribution is -1.95. The molecule has 0 radical (unpaired) electrons. The van der Waals surface area contributed by atoms with Gasteiger partial charge < -0.3 is 0 Å². The van der Waals surface area contributed by atoms with Crippen molar-refractivity contribution in [2.24, 2.45) is 4.99 Å². The lowest BCUT2D eigenvalue weighted by atomic mass is 9.91. The van der Waals surface area contributed by atoms with Crippen LogP contribution in [0.2, 0.25) is 0 Å². The first-order chi connectivity index (χ1) is 12.6. The van der Waals surface area contributed by atoms with E-state index >= 15 is 0 Å². The van der Waals surface area contributed by atoms with Gasteiger partial charge in [-0.1, -0.05) is 69.0 Å². The molecule has 2 aromatic carbocycles. The van der Waals surface area contributed by atoms with Crippen LogP contribution in [0.1, 0.15) is 31.9 Å². The molecule has 26 heavy (non-hydrogen) atoms. The van der Waals surface area contributed by atoms with Crippen LogP contribution in [0, 0.1) is 11.3 Å². The van der Waals surface area contributed by atoms with Gasteiger partial charge in [-0.25, -0.2) is 0 Å². The van der Waals surface area contributed by atoms with Crippen molar-refractivity contribution in [2.45, 2.75) is 20.8 Å². The lowest BCUT2D eigenvalue weighted by molar-refractivity contribution is 1.44. The number of fused-ring (bicyclic) bond motifs is 1.